The number of aromatic nitrogens is 2. The zero-order valence-corrected chi connectivity index (χ0v) is 15.7. The van der Waals surface area contributed by atoms with Gasteiger partial charge in [0.15, 0.2) is 0 Å². The van der Waals surface area contributed by atoms with Crippen molar-refractivity contribution in [2.75, 3.05) is 12.4 Å². The Bertz CT molecular complexity index is 932. The Morgan fingerprint density at radius 3 is 2.68 bits per heavy atom. The second-order valence-corrected chi connectivity index (χ2v) is 6.69. The minimum atomic E-state index is -2.56. The number of hydrogen-bond donors (Lipinski definition) is 1. The topological polar surface area (TPSA) is 77.2 Å². The van der Waals surface area contributed by atoms with E-state index in [0.29, 0.717) is 34.1 Å². The average molecular weight is 405 g/mol. The van der Waals surface area contributed by atoms with Crippen LogP contribution in [0.3, 0.4) is 0 Å². The van der Waals surface area contributed by atoms with Crippen molar-refractivity contribution in [3.05, 3.63) is 54.4 Å². The van der Waals surface area contributed by atoms with Gasteiger partial charge in [0.05, 0.1) is 12.8 Å². The van der Waals surface area contributed by atoms with E-state index in [0.717, 1.165) is 11.3 Å². The lowest BCUT2D eigenvalue weighted by molar-refractivity contribution is -0.116. The Hall–Kier alpha value is -2.94. The van der Waals surface area contributed by atoms with Gasteiger partial charge < -0.3 is 14.6 Å². The summed E-state index contributed by atoms with van der Waals surface area (Å²) in [6, 6.07) is 13.6. The zero-order chi connectivity index (χ0) is 19.9. The highest BCUT2D eigenvalue weighted by molar-refractivity contribution is 7.99. The van der Waals surface area contributed by atoms with Gasteiger partial charge in [-0.15, -0.1) is 0 Å². The number of carbonyl (C=O) groups excluding carboxylic acids is 1. The molecule has 146 valence electrons. The molecular formula is C19H17F2N3O3S. The molecule has 0 aliphatic heterocycles. The zero-order valence-electron chi connectivity index (χ0n) is 14.9. The Kier molecular flexibility index (Phi) is 6.59. The maximum absolute atomic E-state index is 12.6. The summed E-state index contributed by atoms with van der Waals surface area (Å²) in [6.45, 7) is 0. The van der Waals surface area contributed by atoms with Crippen LogP contribution in [0.1, 0.15) is 12.3 Å². The normalized spacial score (nSPS) is 10.9. The summed E-state index contributed by atoms with van der Waals surface area (Å²) in [5.74, 6) is -1.44. The van der Waals surface area contributed by atoms with Crippen molar-refractivity contribution < 1.29 is 22.8 Å². The monoisotopic (exact) mass is 405 g/mol. The van der Waals surface area contributed by atoms with Gasteiger partial charge in [0.1, 0.15) is 5.75 Å². The molecule has 3 aromatic rings. The van der Waals surface area contributed by atoms with Crippen molar-refractivity contribution in [1.29, 1.82) is 0 Å². The smallest absolute Gasteiger partial charge is 0.288 e. The van der Waals surface area contributed by atoms with E-state index in [1.54, 1.807) is 49.6 Å². The van der Waals surface area contributed by atoms with E-state index >= 15 is 0 Å². The maximum atomic E-state index is 12.6. The van der Waals surface area contributed by atoms with Gasteiger partial charge in [-0.05, 0) is 36.4 Å². The van der Waals surface area contributed by atoms with E-state index in [1.165, 1.54) is 6.07 Å². The molecule has 28 heavy (non-hydrogen) atoms. The first-order valence-electron chi connectivity index (χ1n) is 8.36. The third-order valence-electron chi connectivity index (χ3n) is 3.76. The number of ether oxygens (including phenoxy) is 1. The van der Waals surface area contributed by atoms with Crippen LogP contribution >= 0.6 is 11.8 Å². The van der Waals surface area contributed by atoms with Crippen LogP contribution in [0.2, 0.25) is 0 Å². The third kappa shape index (κ3) is 5.29. The fourth-order valence-corrected chi connectivity index (χ4v) is 3.01. The molecule has 0 spiro atoms. The Balaban J connectivity index is 1.57. The SMILES string of the molecule is COc1ccc(-c2noc(CCC(=O)Nc3ccccc3SC(F)F)n2)cc1. The summed E-state index contributed by atoms with van der Waals surface area (Å²) in [7, 11) is 1.58. The number of halogens is 2. The van der Waals surface area contributed by atoms with Gasteiger partial charge >= 0.3 is 0 Å². The van der Waals surface area contributed by atoms with Crippen molar-refractivity contribution in [3.63, 3.8) is 0 Å². The molecule has 2 aromatic carbocycles. The molecule has 0 saturated carbocycles. The van der Waals surface area contributed by atoms with Gasteiger partial charge in [0, 0.05) is 23.3 Å². The van der Waals surface area contributed by atoms with Gasteiger partial charge in [-0.3, -0.25) is 4.79 Å². The predicted molar refractivity (Wildman–Crippen MR) is 102 cm³/mol. The summed E-state index contributed by atoms with van der Waals surface area (Å²) in [5.41, 5.74) is 1.11. The number of amides is 1. The maximum Gasteiger partial charge on any atom is 0.288 e. The van der Waals surface area contributed by atoms with Gasteiger partial charge in [0.25, 0.3) is 5.76 Å². The number of benzene rings is 2. The highest BCUT2D eigenvalue weighted by Crippen LogP contribution is 2.31. The van der Waals surface area contributed by atoms with Crippen LogP contribution in [-0.2, 0) is 11.2 Å². The molecule has 0 bridgehead atoms. The number of para-hydroxylation sites is 1. The Morgan fingerprint density at radius 2 is 1.96 bits per heavy atom. The largest absolute Gasteiger partial charge is 0.497 e. The summed E-state index contributed by atoms with van der Waals surface area (Å²) in [6.07, 6.45) is 0.317. The van der Waals surface area contributed by atoms with Crippen molar-refractivity contribution in [2.24, 2.45) is 0 Å². The van der Waals surface area contributed by atoms with Crippen LogP contribution in [0.25, 0.3) is 11.4 Å². The molecule has 1 N–H and O–H groups in total. The van der Waals surface area contributed by atoms with Crippen LogP contribution < -0.4 is 10.1 Å². The van der Waals surface area contributed by atoms with Crippen LogP contribution in [0.4, 0.5) is 14.5 Å². The van der Waals surface area contributed by atoms with Crippen molar-refractivity contribution >= 4 is 23.4 Å². The number of nitrogens with zero attached hydrogens (tertiary/aromatic N) is 2. The molecule has 1 amide bonds. The van der Waals surface area contributed by atoms with Gasteiger partial charge in [0.2, 0.25) is 17.6 Å². The van der Waals surface area contributed by atoms with Crippen molar-refractivity contribution in [1.82, 2.24) is 10.1 Å². The predicted octanol–water partition coefficient (Wildman–Crippen LogP) is 4.63. The first kappa shape index (κ1) is 19.8. The number of methoxy groups -OCH3 is 1. The average Bonchev–Trinajstić information content (AvgIpc) is 3.17. The number of nitrogens with one attached hydrogen (secondary N) is 1. The van der Waals surface area contributed by atoms with E-state index in [4.69, 9.17) is 9.26 Å². The Morgan fingerprint density at radius 1 is 1.21 bits per heavy atom. The lowest BCUT2D eigenvalue weighted by Gasteiger charge is -2.09. The molecular weight excluding hydrogens is 388 g/mol. The first-order valence-corrected chi connectivity index (χ1v) is 9.24. The number of aryl methyl sites for hydroxylation is 1. The molecule has 3 rings (SSSR count). The molecule has 0 saturated heterocycles. The summed E-state index contributed by atoms with van der Waals surface area (Å²) < 4.78 is 35.5. The van der Waals surface area contributed by atoms with Gasteiger partial charge in [-0.2, -0.15) is 13.8 Å². The van der Waals surface area contributed by atoms with Gasteiger partial charge in [-0.25, -0.2) is 0 Å². The standard InChI is InChI=1S/C19H17F2N3O3S/c1-26-13-8-6-12(7-9-13)18-23-17(27-24-18)11-10-16(25)22-14-4-2-3-5-15(14)28-19(20)21/h2-9,19H,10-11H2,1H3,(H,22,25). The second-order valence-electron chi connectivity index (χ2n) is 5.66. The van der Waals surface area contributed by atoms with Crippen LogP contribution in [0, 0.1) is 0 Å². The van der Waals surface area contributed by atoms with Crippen molar-refractivity contribution in [2.45, 2.75) is 23.5 Å². The molecule has 0 unspecified atom stereocenters. The molecule has 0 radical (unpaired) electrons. The summed E-state index contributed by atoms with van der Waals surface area (Å²) >= 11 is 0.387. The summed E-state index contributed by atoms with van der Waals surface area (Å²) in [5, 5.41) is 6.55. The van der Waals surface area contributed by atoms with E-state index in [9.17, 15) is 13.6 Å². The molecule has 0 fully saturated rings. The lowest BCUT2D eigenvalue weighted by atomic mass is 10.2. The number of anilines is 1. The molecule has 0 aliphatic rings. The van der Waals surface area contributed by atoms with Crippen LogP contribution in [0.5, 0.6) is 5.75 Å². The Labute approximate surface area is 164 Å². The fraction of sp³-hybridized carbons (Fsp3) is 0.211. The van der Waals surface area contributed by atoms with Crippen molar-refractivity contribution in [3.8, 4) is 17.1 Å². The molecule has 1 heterocycles. The van der Waals surface area contributed by atoms with E-state index < -0.39 is 5.76 Å². The van der Waals surface area contributed by atoms with Gasteiger partial charge in [-0.1, -0.05) is 29.1 Å². The fourth-order valence-electron chi connectivity index (χ4n) is 2.42. The molecule has 0 atom stereocenters. The van der Waals surface area contributed by atoms with Crippen LogP contribution in [-0.4, -0.2) is 28.9 Å². The van der Waals surface area contributed by atoms with E-state index in [-0.39, 0.29) is 18.7 Å². The quantitative estimate of drug-likeness (QED) is 0.551. The number of rotatable bonds is 8. The number of alkyl halides is 2. The number of carbonyl (C=O) groups is 1. The molecule has 0 aliphatic carbocycles. The minimum Gasteiger partial charge on any atom is -0.497 e. The third-order valence-corrected chi connectivity index (χ3v) is 4.55. The minimum absolute atomic E-state index is 0.0813. The molecule has 1 aromatic heterocycles. The number of hydrogen-bond acceptors (Lipinski definition) is 6. The van der Waals surface area contributed by atoms with E-state index in [1.807, 2.05) is 0 Å². The second kappa shape index (κ2) is 9.32. The molecule has 9 heteroatoms. The van der Waals surface area contributed by atoms with E-state index in [2.05, 4.69) is 15.5 Å². The number of thioether (sulfide) groups is 1. The highest BCUT2D eigenvalue weighted by atomic mass is 32.2. The lowest BCUT2D eigenvalue weighted by Crippen LogP contribution is -2.13. The molecule has 6 nitrogen and oxygen atoms in total. The van der Waals surface area contributed by atoms with Crippen LogP contribution in [0.15, 0.2) is 57.9 Å². The highest BCUT2D eigenvalue weighted by Gasteiger charge is 2.14. The summed E-state index contributed by atoms with van der Waals surface area (Å²) in [4.78, 5) is 16.7. The first-order chi connectivity index (χ1) is 13.5.